The number of carboxylic acids is 1. The summed E-state index contributed by atoms with van der Waals surface area (Å²) in [5, 5.41) is 11.4. The zero-order valence-electron chi connectivity index (χ0n) is 9.55. The second-order valence-corrected chi connectivity index (χ2v) is 3.58. The molecule has 0 saturated heterocycles. The molecule has 5 heteroatoms. The van der Waals surface area contributed by atoms with Crippen LogP contribution in [0.5, 0.6) is 0 Å². The number of hydrogen-bond donors (Lipinski definition) is 2. The van der Waals surface area contributed by atoms with Gasteiger partial charge < -0.3 is 15.2 Å². The molecule has 0 aliphatic heterocycles. The molecule has 5 nitrogen and oxygen atoms in total. The summed E-state index contributed by atoms with van der Waals surface area (Å²) in [6, 6.07) is 8.20. The Labute approximate surface area is 99.4 Å². The van der Waals surface area contributed by atoms with E-state index in [4.69, 9.17) is 5.11 Å². The van der Waals surface area contributed by atoms with Crippen LogP contribution in [-0.4, -0.2) is 36.7 Å². The third-order valence-corrected chi connectivity index (χ3v) is 2.19. The molecular formula is C12H15NO4. The molecule has 1 amide bonds. The van der Waals surface area contributed by atoms with Crippen molar-refractivity contribution in [3.63, 3.8) is 0 Å². The highest BCUT2D eigenvalue weighted by Crippen LogP contribution is 2.03. The van der Waals surface area contributed by atoms with Crippen LogP contribution in [0.3, 0.4) is 0 Å². The molecule has 0 heterocycles. The van der Waals surface area contributed by atoms with E-state index in [2.05, 4.69) is 10.1 Å². The van der Waals surface area contributed by atoms with Crippen LogP contribution in [0.2, 0.25) is 0 Å². The Kier molecular flexibility index (Phi) is 5.16. The van der Waals surface area contributed by atoms with Crippen LogP contribution in [0, 0.1) is 0 Å². The summed E-state index contributed by atoms with van der Waals surface area (Å²) in [7, 11) is 1.38. The lowest BCUT2D eigenvalue weighted by molar-refractivity contribution is -0.142. The molecule has 0 radical (unpaired) electrons. The lowest BCUT2D eigenvalue weighted by Gasteiger charge is -2.14. The van der Waals surface area contributed by atoms with Crippen molar-refractivity contribution in [1.29, 1.82) is 0 Å². The molecule has 0 aliphatic rings. The average molecular weight is 237 g/mol. The fourth-order valence-electron chi connectivity index (χ4n) is 1.42. The summed E-state index contributed by atoms with van der Waals surface area (Å²) in [4.78, 5) is 22.2. The standard InChI is InChI=1S/C12H15NO4/c1-17-8-11(14)13-10(12(15)16)7-9-5-3-2-4-6-9/h2-6,10H,7-8H2,1H3,(H,13,14)(H,15,16). The van der Waals surface area contributed by atoms with Crippen LogP contribution >= 0.6 is 0 Å². The largest absolute Gasteiger partial charge is 0.480 e. The Balaban J connectivity index is 2.61. The van der Waals surface area contributed by atoms with Crippen molar-refractivity contribution >= 4 is 11.9 Å². The fourth-order valence-corrected chi connectivity index (χ4v) is 1.42. The summed E-state index contributed by atoms with van der Waals surface area (Å²) in [6.45, 7) is -0.140. The Hall–Kier alpha value is -1.88. The third kappa shape index (κ3) is 4.65. The van der Waals surface area contributed by atoms with Gasteiger partial charge in [-0.1, -0.05) is 30.3 Å². The summed E-state index contributed by atoms with van der Waals surface area (Å²) in [5.74, 6) is -1.49. The number of aliphatic carboxylic acids is 1. The molecule has 92 valence electrons. The van der Waals surface area contributed by atoms with E-state index in [1.54, 1.807) is 0 Å². The van der Waals surface area contributed by atoms with Crippen molar-refractivity contribution in [3.05, 3.63) is 35.9 Å². The molecule has 17 heavy (non-hydrogen) atoms. The Morgan fingerprint density at radius 3 is 2.53 bits per heavy atom. The van der Waals surface area contributed by atoms with Crippen LogP contribution in [0.1, 0.15) is 5.56 Å². The smallest absolute Gasteiger partial charge is 0.326 e. The first-order valence-electron chi connectivity index (χ1n) is 5.18. The van der Waals surface area contributed by atoms with E-state index in [1.807, 2.05) is 30.3 Å². The van der Waals surface area contributed by atoms with Gasteiger partial charge in [-0.2, -0.15) is 0 Å². The first-order chi connectivity index (χ1) is 8.13. The molecule has 2 N–H and O–H groups in total. The van der Waals surface area contributed by atoms with Gasteiger partial charge in [0.2, 0.25) is 5.91 Å². The maximum Gasteiger partial charge on any atom is 0.326 e. The molecule has 1 unspecified atom stereocenters. The maximum atomic E-state index is 11.2. The maximum absolute atomic E-state index is 11.2. The summed E-state index contributed by atoms with van der Waals surface area (Å²) >= 11 is 0. The first kappa shape index (κ1) is 13.2. The van der Waals surface area contributed by atoms with Crippen molar-refractivity contribution in [3.8, 4) is 0 Å². The second-order valence-electron chi connectivity index (χ2n) is 3.58. The second kappa shape index (κ2) is 6.65. The van der Waals surface area contributed by atoms with E-state index in [1.165, 1.54) is 7.11 Å². The van der Waals surface area contributed by atoms with Gasteiger partial charge in [0.15, 0.2) is 0 Å². The van der Waals surface area contributed by atoms with E-state index in [-0.39, 0.29) is 13.0 Å². The fraction of sp³-hybridized carbons (Fsp3) is 0.333. The molecule has 1 aromatic rings. The number of carbonyl (C=O) groups excluding carboxylic acids is 1. The van der Waals surface area contributed by atoms with Gasteiger partial charge in [0.05, 0.1) is 0 Å². The van der Waals surface area contributed by atoms with Crippen molar-refractivity contribution < 1.29 is 19.4 Å². The van der Waals surface area contributed by atoms with Gasteiger partial charge in [-0.05, 0) is 5.56 Å². The number of methoxy groups -OCH3 is 1. The minimum absolute atomic E-state index is 0.140. The van der Waals surface area contributed by atoms with Crippen molar-refractivity contribution in [2.24, 2.45) is 0 Å². The zero-order valence-corrected chi connectivity index (χ0v) is 9.55. The minimum Gasteiger partial charge on any atom is -0.480 e. The Morgan fingerprint density at radius 2 is 2.00 bits per heavy atom. The molecule has 0 saturated carbocycles. The molecule has 0 fully saturated rings. The van der Waals surface area contributed by atoms with Gasteiger partial charge in [-0.3, -0.25) is 4.79 Å². The number of rotatable bonds is 6. The lowest BCUT2D eigenvalue weighted by atomic mass is 10.1. The van der Waals surface area contributed by atoms with Crippen molar-refractivity contribution in [2.45, 2.75) is 12.5 Å². The lowest BCUT2D eigenvalue weighted by Crippen LogP contribution is -2.43. The summed E-state index contributed by atoms with van der Waals surface area (Å²) < 4.78 is 4.63. The van der Waals surface area contributed by atoms with E-state index in [0.717, 1.165) is 5.56 Å². The van der Waals surface area contributed by atoms with Crippen molar-refractivity contribution in [1.82, 2.24) is 5.32 Å². The van der Waals surface area contributed by atoms with Crippen LogP contribution in [-0.2, 0) is 20.7 Å². The van der Waals surface area contributed by atoms with Crippen LogP contribution < -0.4 is 5.32 Å². The third-order valence-electron chi connectivity index (χ3n) is 2.19. The zero-order chi connectivity index (χ0) is 12.7. The molecule has 0 spiro atoms. The number of carboxylic acid groups (broad SMARTS) is 1. The highest BCUT2D eigenvalue weighted by molar-refractivity contribution is 5.84. The van der Waals surface area contributed by atoms with Gasteiger partial charge in [0.25, 0.3) is 0 Å². The Bertz CT molecular complexity index is 377. The summed E-state index contributed by atoms with van der Waals surface area (Å²) in [5.41, 5.74) is 0.859. The quantitative estimate of drug-likeness (QED) is 0.753. The molecule has 1 atom stereocenters. The predicted octanol–water partition coefficient (Wildman–Crippen LogP) is 0.445. The van der Waals surface area contributed by atoms with Gasteiger partial charge >= 0.3 is 5.97 Å². The summed E-state index contributed by atoms with van der Waals surface area (Å²) in [6.07, 6.45) is 0.256. The number of benzene rings is 1. The van der Waals surface area contributed by atoms with Gasteiger partial charge in [-0.15, -0.1) is 0 Å². The monoisotopic (exact) mass is 237 g/mol. The number of hydrogen-bond acceptors (Lipinski definition) is 3. The highest BCUT2D eigenvalue weighted by atomic mass is 16.5. The number of ether oxygens (including phenoxy) is 1. The van der Waals surface area contributed by atoms with Crippen LogP contribution in [0.15, 0.2) is 30.3 Å². The van der Waals surface area contributed by atoms with Crippen molar-refractivity contribution in [2.75, 3.05) is 13.7 Å². The number of amides is 1. The molecule has 0 bridgehead atoms. The number of nitrogens with one attached hydrogen (secondary N) is 1. The van der Waals surface area contributed by atoms with Crippen LogP contribution in [0.25, 0.3) is 0 Å². The molecule has 1 rings (SSSR count). The van der Waals surface area contributed by atoms with Gasteiger partial charge in [0, 0.05) is 13.5 Å². The minimum atomic E-state index is -1.06. The van der Waals surface area contributed by atoms with E-state index in [0.29, 0.717) is 0 Å². The van der Waals surface area contributed by atoms with E-state index in [9.17, 15) is 9.59 Å². The topological polar surface area (TPSA) is 75.6 Å². The number of carbonyl (C=O) groups is 2. The van der Waals surface area contributed by atoms with Crippen LogP contribution in [0.4, 0.5) is 0 Å². The highest BCUT2D eigenvalue weighted by Gasteiger charge is 2.19. The SMILES string of the molecule is COCC(=O)NC(Cc1ccccc1)C(=O)O. The van der Waals surface area contributed by atoms with Gasteiger partial charge in [-0.25, -0.2) is 4.79 Å². The molecular weight excluding hydrogens is 222 g/mol. The average Bonchev–Trinajstić information content (AvgIpc) is 2.29. The van der Waals surface area contributed by atoms with E-state index >= 15 is 0 Å². The molecule has 0 aliphatic carbocycles. The molecule has 1 aromatic carbocycles. The van der Waals surface area contributed by atoms with Gasteiger partial charge in [0.1, 0.15) is 12.6 Å². The Morgan fingerprint density at radius 1 is 1.35 bits per heavy atom. The molecule has 0 aromatic heterocycles. The van der Waals surface area contributed by atoms with E-state index < -0.39 is 17.9 Å². The predicted molar refractivity (Wildman–Crippen MR) is 61.6 cm³/mol. The normalized spacial score (nSPS) is 11.8. The first-order valence-corrected chi connectivity index (χ1v) is 5.18.